The van der Waals surface area contributed by atoms with E-state index in [2.05, 4.69) is 5.10 Å². The Morgan fingerprint density at radius 1 is 1.38 bits per heavy atom. The van der Waals surface area contributed by atoms with Crippen molar-refractivity contribution in [3.05, 3.63) is 17.5 Å². The average Bonchev–Trinajstić information content (AvgIpc) is 2.74. The van der Waals surface area contributed by atoms with Gasteiger partial charge in [-0.25, -0.2) is 0 Å². The van der Waals surface area contributed by atoms with Crippen LogP contribution in [0.25, 0.3) is 0 Å². The molecule has 0 saturated carbocycles. The molecule has 1 aromatic heterocycles. The third-order valence-electron chi connectivity index (χ3n) is 5.02. The molecule has 2 bridgehead atoms. The molecule has 0 unspecified atom stereocenters. The molecule has 2 atom stereocenters. The monoisotopic (exact) mass is 334 g/mol. The van der Waals surface area contributed by atoms with Gasteiger partial charge in [-0.15, -0.1) is 0 Å². The molecule has 132 valence electrons. The third-order valence-corrected chi connectivity index (χ3v) is 5.02. The van der Waals surface area contributed by atoms with Crippen LogP contribution in [0, 0.1) is 12.8 Å². The second-order valence-electron chi connectivity index (χ2n) is 6.68. The number of hydrogen-bond acceptors (Lipinski definition) is 4. The zero-order chi connectivity index (χ0) is 17.3. The van der Waals surface area contributed by atoms with Gasteiger partial charge in [-0.3, -0.25) is 14.3 Å². The lowest BCUT2D eigenvalue weighted by Gasteiger charge is -2.32. The quantitative estimate of drug-likeness (QED) is 0.751. The van der Waals surface area contributed by atoms with E-state index in [0.29, 0.717) is 38.5 Å². The summed E-state index contributed by atoms with van der Waals surface area (Å²) in [5.41, 5.74) is 1.41. The molecule has 24 heavy (non-hydrogen) atoms. The maximum atomic E-state index is 13.0. The fourth-order valence-electron chi connectivity index (χ4n) is 3.67. The molecule has 0 radical (unpaired) electrons. The Hall–Kier alpha value is -1.89. The average molecular weight is 334 g/mol. The van der Waals surface area contributed by atoms with Crippen molar-refractivity contribution < 1.29 is 14.3 Å². The van der Waals surface area contributed by atoms with Crippen molar-refractivity contribution in [1.82, 2.24) is 19.6 Å². The molecular formula is C17H26N4O3. The highest BCUT2D eigenvalue weighted by molar-refractivity contribution is 5.93. The number of carbonyl (C=O) groups excluding carboxylic acids is 2. The Morgan fingerprint density at radius 2 is 2.17 bits per heavy atom. The number of aryl methyl sites for hydroxylation is 1. The first-order valence-corrected chi connectivity index (χ1v) is 8.69. The van der Waals surface area contributed by atoms with E-state index in [1.807, 2.05) is 36.8 Å². The smallest absolute Gasteiger partial charge is 0.272 e. The minimum absolute atomic E-state index is 0.0351. The topological polar surface area (TPSA) is 67.7 Å². The van der Waals surface area contributed by atoms with Crippen LogP contribution in [0.2, 0.25) is 0 Å². The summed E-state index contributed by atoms with van der Waals surface area (Å²) in [6.07, 6.45) is 1.85. The Balaban J connectivity index is 1.78. The van der Waals surface area contributed by atoms with Crippen LogP contribution in [-0.4, -0.2) is 70.8 Å². The number of aromatic nitrogens is 2. The number of fused-ring (bicyclic) bond motifs is 4. The van der Waals surface area contributed by atoms with Crippen LogP contribution in [-0.2, 0) is 16.1 Å². The van der Waals surface area contributed by atoms with Gasteiger partial charge in [-0.05, 0) is 32.8 Å². The van der Waals surface area contributed by atoms with Gasteiger partial charge in [0, 0.05) is 32.8 Å². The largest absolute Gasteiger partial charge is 0.380 e. The van der Waals surface area contributed by atoms with E-state index in [9.17, 15) is 9.59 Å². The van der Waals surface area contributed by atoms with Gasteiger partial charge in [0.15, 0.2) is 0 Å². The van der Waals surface area contributed by atoms with E-state index in [-0.39, 0.29) is 23.8 Å². The van der Waals surface area contributed by atoms with Crippen LogP contribution in [0.15, 0.2) is 6.07 Å². The fraction of sp³-hybridized carbons (Fsp3) is 0.706. The number of carbonyl (C=O) groups is 2. The summed E-state index contributed by atoms with van der Waals surface area (Å²) >= 11 is 0. The summed E-state index contributed by atoms with van der Waals surface area (Å²) in [5.74, 6) is 0.0632. The van der Waals surface area contributed by atoms with Crippen molar-refractivity contribution in [2.45, 2.75) is 39.3 Å². The summed E-state index contributed by atoms with van der Waals surface area (Å²) in [7, 11) is 1.85. The van der Waals surface area contributed by atoms with Crippen LogP contribution in [0.4, 0.5) is 0 Å². The fourth-order valence-corrected chi connectivity index (χ4v) is 3.67. The van der Waals surface area contributed by atoms with Gasteiger partial charge in [0.25, 0.3) is 5.91 Å². The Labute approximate surface area is 142 Å². The molecule has 3 fully saturated rings. The molecule has 2 amide bonds. The van der Waals surface area contributed by atoms with E-state index in [0.717, 1.165) is 18.5 Å². The van der Waals surface area contributed by atoms with Crippen molar-refractivity contribution in [1.29, 1.82) is 0 Å². The van der Waals surface area contributed by atoms with Gasteiger partial charge in [0.1, 0.15) is 5.69 Å². The lowest BCUT2D eigenvalue weighted by atomic mass is 9.95. The highest BCUT2D eigenvalue weighted by atomic mass is 16.5. The number of piperidine rings is 1. The molecule has 3 aliphatic heterocycles. The normalized spacial score (nSPS) is 23.7. The van der Waals surface area contributed by atoms with Gasteiger partial charge < -0.3 is 14.5 Å². The summed E-state index contributed by atoms with van der Waals surface area (Å²) in [5, 5.41) is 4.42. The molecule has 0 N–H and O–H groups in total. The van der Waals surface area contributed by atoms with Crippen molar-refractivity contribution >= 4 is 11.8 Å². The third kappa shape index (κ3) is 3.17. The first kappa shape index (κ1) is 17.0. The number of rotatable bonds is 5. The summed E-state index contributed by atoms with van der Waals surface area (Å²) in [6.45, 7) is 6.68. The molecule has 7 heteroatoms. The van der Waals surface area contributed by atoms with E-state index in [4.69, 9.17) is 4.74 Å². The molecular weight excluding hydrogens is 308 g/mol. The first-order valence-electron chi connectivity index (χ1n) is 8.69. The van der Waals surface area contributed by atoms with Crippen LogP contribution in [0.3, 0.4) is 0 Å². The highest BCUT2D eigenvalue weighted by Gasteiger charge is 2.40. The number of amides is 2. The summed E-state index contributed by atoms with van der Waals surface area (Å²) in [4.78, 5) is 29.0. The van der Waals surface area contributed by atoms with Crippen molar-refractivity contribution in [2.24, 2.45) is 5.92 Å². The maximum Gasteiger partial charge on any atom is 0.272 e. The summed E-state index contributed by atoms with van der Waals surface area (Å²) in [6, 6.07) is 1.95. The van der Waals surface area contributed by atoms with Crippen molar-refractivity contribution in [3.8, 4) is 0 Å². The zero-order valence-corrected chi connectivity index (χ0v) is 14.7. The minimum Gasteiger partial charge on any atom is -0.380 e. The first-order chi connectivity index (χ1) is 11.5. The molecule has 0 aromatic carbocycles. The molecule has 3 saturated heterocycles. The molecule has 4 rings (SSSR count). The lowest BCUT2D eigenvalue weighted by molar-refractivity contribution is -0.138. The SMILES string of the molecule is CCOCCn1nc(C)cc1C(=O)N1C[C@@H]2CC[C@H](C1)N(C)C2=O. The van der Waals surface area contributed by atoms with Gasteiger partial charge >= 0.3 is 0 Å². The second-order valence-corrected chi connectivity index (χ2v) is 6.68. The number of ether oxygens (including phenoxy) is 1. The molecule has 7 nitrogen and oxygen atoms in total. The Kier molecular flexibility index (Phi) is 4.89. The lowest BCUT2D eigenvalue weighted by Crippen LogP contribution is -2.45. The number of nitrogens with zero attached hydrogens (tertiary/aromatic N) is 4. The van der Waals surface area contributed by atoms with Crippen LogP contribution in [0.1, 0.15) is 35.9 Å². The van der Waals surface area contributed by atoms with Crippen molar-refractivity contribution in [3.63, 3.8) is 0 Å². The van der Waals surface area contributed by atoms with E-state index in [1.54, 1.807) is 4.68 Å². The molecule has 1 aromatic rings. The standard InChI is InChI=1S/C17H26N4O3/c1-4-24-8-7-21-15(9-12(2)18-21)17(23)20-10-13-5-6-14(11-20)19(3)16(13)22/h9,13-14H,4-8,10-11H2,1-3H3/t13-,14+/m0/s1. The van der Waals surface area contributed by atoms with Crippen molar-refractivity contribution in [2.75, 3.05) is 33.4 Å². The molecule has 0 spiro atoms. The number of likely N-dealkylation sites (N-methyl/N-ethyl adjacent to an activating group) is 1. The molecule has 4 heterocycles. The Bertz CT molecular complexity index is 627. The van der Waals surface area contributed by atoms with Crippen LogP contribution in [0.5, 0.6) is 0 Å². The van der Waals surface area contributed by atoms with Gasteiger partial charge in [0.2, 0.25) is 5.91 Å². The van der Waals surface area contributed by atoms with Gasteiger partial charge in [0.05, 0.1) is 24.8 Å². The van der Waals surface area contributed by atoms with Gasteiger partial charge in [-0.2, -0.15) is 5.10 Å². The molecule has 0 aliphatic carbocycles. The van der Waals surface area contributed by atoms with Crippen LogP contribution >= 0.6 is 0 Å². The number of hydrogen-bond donors (Lipinski definition) is 0. The molecule has 3 aliphatic rings. The summed E-state index contributed by atoms with van der Waals surface area (Å²) < 4.78 is 7.11. The second kappa shape index (κ2) is 6.93. The van der Waals surface area contributed by atoms with Gasteiger partial charge in [-0.1, -0.05) is 0 Å². The zero-order valence-electron chi connectivity index (χ0n) is 14.7. The van der Waals surface area contributed by atoms with E-state index < -0.39 is 0 Å². The maximum absolute atomic E-state index is 13.0. The predicted molar refractivity (Wildman–Crippen MR) is 88.6 cm³/mol. The predicted octanol–water partition coefficient (Wildman–Crippen LogP) is 0.921. The highest BCUT2D eigenvalue weighted by Crippen LogP contribution is 2.28. The van der Waals surface area contributed by atoms with Crippen LogP contribution < -0.4 is 0 Å². The Morgan fingerprint density at radius 3 is 2.92 bits per heavy atom. The minimum atomic E-state index is -0.0707. The van der Waals surface area contributed by atoms with E-state index >= 15 is 0 Å². The van der Waals surface area contributed by atoms with E-state index in [1.165, 1.54) is 0 Å².